The van der Waals surface area contributed by atoms with Crippen molar-refractivity contribution < 1.29 is 9.21 Å². The Bertz CT molecular complexity index is 706. The molecule has 1 spiro atoms. The number of amides is 1. The third kappa shape index (κ3) is 3.09. The summed E-state index contributed by atoms with van der Waals surface area (Å²) >= 11 is 0. The van der Waals surface area contributed by atoms with Gasteiger partial charge in [-0.05, 0) is 62.4 Å². The molecular formula is C20H25N3O2. The lowest BCUT2D eigenvalue weighted by molar-refractivity contribution is -0.0590. The average molecular weight is 339 g/mol. The van der Waals surface area contributed by atoms with E-state index in [9.17, 15) is 4.79 Å². The highest BCUT2D eigenvalue weighted by Crippen LogP contribution is 2.51. The van der Waals surface area contributed by atoms with E-state index >= 15 is 0 Å². The van der Waals surface area contributed by atoms with Gasteiger partial charge in [-0.2, -0.15) is 0 Å². The minimum atomic E-state index is 0.136. The molecule has 1 saturated carbocycles. The Morgan fingerprint density at radius 3 is 2.64 bits per heavy atom. The van der Waals surface area contributed by atoms with Crippen LogP contribution in [0.2, 0.25) is 0 Å². The lowest BCUT2D eigenvalue weighted by Crippen LogP contribution is -2.58. The van der Waals surface area contributed by atoms with Crippen LogP contribution in [0.15, 0.2) is 47.3 Å². The summed E-state index contributed by atoms with van der Waals surface area (Å²) in [6.07, 6.45) is 9.82. The molecule has 5 heteroatoms. The van der Waals surface area contributed by atoms with Crippen LogP contribution < -0.4 is 0 Å². The van der Waals surface area contributed by atoms with Crippen LogP contribution in [-0.2, 0) is 6.54 Å². The lowest BCUT2D eigenvalue weighted by atomic mass is 9.58. The van der Waals surface area contributed by atoms with Crippen molar-refractivity contribution in [1.82, 2.24) is 14.8 Å². The largest absolute Gasteiger partial charge is 0.468 e. The molecule has 0 unspecified atom stereocenters. The summed E-state index contributed by atoms with van der Waals surface area (Å²) in [6, 6.07) is 8.18. The zero-order valence-electron chi connectivity index (χ0n) is 14.7. The molecule has 2 aromatic heterocycles. The van der Waals surface area contributed by atoms with Gasteiger partial charge in [-0.15, -0.1) is 0 Å². The number of piperidine rings is 1. The molecular weight excluding hydrogens is 314 g/mol. The van der Waals surface area contributed by atoms with Gasteiger partial charge in [0.2, 0.25) is 0 Å². The van der Waals surface area contributed by atoms with Gasteiger partial charge in [-0.25, -0.2) is 0 Å². The number of aromatic nitrogens is 1. The molecule has 0 aromatic carbocycles. The topological polar surface area (TPSA) is 49.6 Å². The van der Waals surface area contributed by atoms with Crippen LogP contribution in [0.5, 0.6) is 0 Å². The number of hydrogen-bond acceptors (Lipinski definition) is 4. The van der Waals surface area contributed by atoms with Crippen LogP contribution >= 0.6 is 0 Å². The fraction of sp³-hybridized carbons (Fsp3) is 0.500. The number of carbonyl (C=O) groups excluding carboxylic acids is 1. The number of likely N-dealkylation sites (tertiary alicyclic amines) is 1. The highest BCUT2D eigenvalue weighted by molar-refractivity contribution is 5.94. The summed E-state index contributed by atoms with van der Waals surface area (Å²) in [5.74, 6) is 1.16. The van der Waals surface area contributed by atoms with E-state index in [4.69, 9.17) is 4.42 Å². The van der Waals surface area contributed by atoms with Gasteiger partial charge in [0.1, 0.15) is 5.76 Å². The molecule has 132 valence electrons. The number of carbonyl (C=O) groups is 1. The summed E-state index contributed by atoms with van der Waals surface area (Å²) in [5, 5.41) is 0. The molecule has 4 rings (SSSR count). The first-order valence-corrected chi connectivity index (χ1v) is 9.10. The molecule has 0 N–H and O–H groups in total. The highest BCUT2D eigenvalue weighted by atomic mass is 16.3. The van der Waals surface area contributed by atoms with Gasteiger partial charge in [-0.1, -0.05) is 0 Å². The van der Waals surface area contributed by atoms with E-state index in [1.807, 2.05) is 17.0 Å². The number of rotatable bonds is 4. The molecule has 2 fully saturated rings. The zero-order chi connectivity index (χ0) is 17.3. The van der Waals surface area contributed by atoms with Gasteiger partial charge < -0.3 is 9.32 Å². The smallest absolute Gasteiger partial charge is 0.253 e. The third-order valence-corrected chi connectivity index (χ3v) is 6.11. The Morgan fingerprint density at radius 1 is 1.28 bits per heavy atom. The van der Waals surface area contributed by atoms with E-state index in [0.29, 0.717) is 11.5 Å². The minimum Gasteiger partial charge on any atom is -0.468 e. The summed E-state index contributed by atoms with van der Waals surface area (Å²) in [4.78, 5) is 21.0. The second kappa shape index (κ2) is 6.64. The molecule has 1 saturated heterocycles. The van der Waals surface area contributed by atoms with Crippen molar-refractivity contribution in [2.45, 2.75) is 38.3 Å². The molecule has 2 aliphatic rings. The van der Waals surface area contributed by atoms with Crippen molar-refractivity contribution in [2.24, 2.45) is 5.41 Å². The van der Waals surface area contributed by atoms with Crippen LogP contribution in [0.3, 0.4) is 0 Å². The van der Waals surface area contributed by atoms with Crippen molar-refractivity contribution in [3.8, 4) is 0 Å². The monoisotopic (exact) mass is 339 g/mol. The SMILES string of the molecule is CN(Cc1ccco1)[C@H]1CCC12CCN(C(=O)c1ccncc1)CC2. The van der Waals surface area contributed by atoms with Crippen molar-refractivity contribution in [3.05, 3.63) is 54.2 Å². The van der Waals surface area contributed by atoms with Gasteiger partial charge in [0.05, 0.1) is 12.8 Å². The predicted octanol–water partition coefficient (Wildman–Crippen LogP) is 3.19. The first-order chi connectivity index (χ1) is 12.2. The Morgan fingerprint density at radius 2 is 2.04 bits per heavy atom. The first-order valence-electron chi connectivity index (χ1n) is 9.10. The van der Waals surface area contributed by atoms with Gasteiger partial charge in [0.15, 0.2) is 0 Å². The molecule has 1 aliphatic carbocycles. The normalized spacial score (nSPS) is 22.2. The standard InChI is InChI=1S/C20H25N3O2/c1-22(15-17-3-2-14-25-17)18-4-7-20(18)8-12-23(13-9-20)19(24)16-5-10-21-11-6-16/h2-3,5-6,10-11,14,18H,4,7-9,12-13,15H2,1H3/t18-/m0/s1. The highest BCUT2D eigenvalue weighted by Gasteiger charge is 2.50. The van der Waals surface area contributed by atoms with Crippen LogP contribution in [0, 0.1) is 5.41 Å². The van der Waals surface area contributed by atoms with E-state index in [1.54, 1.807) is 30.8 Å². The lowest BCUT2D eigenvalue weighted by Gasteiger charge is -2.56. The Hall–Kier alpha value is -2.14. The Labute approximate surface area is 148 Å². The predicted molar refractivity (Wildman–Crippen MR) is 95.0 cm³/mol. The van der Waals surface area contributed by atoms with E-state index in [-0.39, 0.29) is 5.91 Å². The maximum Gasteiger partial charge on any atom is 0.253 e. The molecule has 25 heavy (non-hydrogen) atoms. The Balaban J connectivity index is 1.37. The average Bonchev–Trinajstić information content (AvgIpc) is 3.14. The van der Waals surface area contributed by atoms with E-state index < -0.39 is 0 Å². The summed E-state index contributed by atoms with van der Waals surface area (Å²) in [7, 11) is 2.20. The molecule has 2 aromatic rings. The number of nitrogens with zero attached hydrogens (tertiary/aromatic N) is 3. The zero-order valence-corrected chi connectivity index (χ0v) is 14.7. The van der Waals surface area contributed by atoms with Crippen molar-refractivity contribution in [3.63, 3.8) is 0 Å². The maximum atomic E-state index is 12.6. The van der Waals surface area contributed by atoms with Crippen LogP contribution in [0.1, 0.15) is 41.8 Å². The third-order valence-electron chi connectivity index (χ3n) is 6.11. The molecule has 0 radical (unpaired) electrons. The molecule has 1 aliphatic heterocycles. The van der Waals surface area contributed by atoms with Crippen molar-refractivity contribution >= 4 is 5.91 Å². The summed E-state index contributed by atoms with van der Waals surface area (Å²) in [6.45, 7) is 2.57. The van der Waals surface area contributed by atoms with Crippen LogP contribution in [-0.4, -0.2) is 46.9 Å². The van der Waals surface area contributed by atoms with Gasteiger partial charge >= 0.3 is 0 Å². The molecule has 5 nitrogen and oxygen atoms in total. The van der Waals surface area contributed by atoms with Crippen LogP contribution in [0.4, 0.5) is 0 Å². The quantitative estimate of drug-likeness (QED) is 0.858. The van der Waals surface area contributed by atoms with Crippen LogP contribution in [0.25, 0.3) is 0 Å². The summed E-state index contributed by atoms with van der Waals surface area (Å²) < 4.78 is 5.50. The molecule has 3 heterocycles. The second-order valence-corrected chi connectivity index (χ2v) is 7.44. The van der Waals surface area contributed by atoms with Gasteiger partial charge in [0.25, 0.3) is 5.91 Å². The second-order valence-electron chi connectivity index (χ2n) is 7.44. The first kappa shape index (κ1) is 16.3. The molecule has 1 amide bonds. The molecule has 0 bridgehead atoms. The summed E-state index contributed by atoms with van der Waals surface area (Å²) in [5.41, 5.74) is 1.11. The van der Waals surface area contributed by atoms with Gasteiger partial charge in [0, 0.05) is 37.1 Å². The number of hydrogen-bond donors (Lipinski definition) is 0. The fourth-order valence-electron chi connectivity index (χ4n) is 4.54. The van der Waals surface area contributed by atoms with E-state index in [2.05, 4.69) is 16.9 Å². The Kier molecular flexibility index (Phi) is 4.34. The van der Waals surface area contributed by atoms with Crippen molar-refractivity contribution in [1.29, 1.82) is 0 Å². The number of pyridine rings is 1. The van der Waals surface area contributed by atoms with Crippen molar-refractivity contribution in [2.75, 3.05) is 20.1 Å². The minimum absolute atomic E-state index is 0.136. The van der Waals surface area contributed by atoms with E-state index in [1.165, 1.54) is 12.8 Å². The molecule has 1 atom stereocenters. The van der Waals surface area contributed by atoms with Gasteiger partial charge in [-0.3, -0.25) is 14.7 Å². The fourth-order valence-corrected chi connectivity index (χ4v) is 4.54. The van der Waals surface area contributed by atoms with E-state index in [0.717, 1.165) is 43.8 Å². The number of furan rings is 1. The maximum absolute atomic E-state index is 12.6.